The summed E-state index contributed by atoms with van der Waals surface area (Å²) in [5.74, 6) is 1.01. The van der Waals surface area contributed by atoms with E-state index in [1.807, 2.05) is 25.1 Å². The molecule has 3 heterocycles. The molecule has 0 aliphatic carbocycles. The minimum Gasteiger partial charge on any atom is -0.384 e. The summed E-state index contributed by atoms with van der Waals surface area (Å²) in [7, 11) is 1.65. The molecule has 0 spiro atoms. The Kier molecular flexibility index (Phi) is 6.64. The highest BCUT2D eigenvalue weighted by Crippen LogP contribution is 2.35. The fraction of sp³-hybridized carbons (Fsp3) is 0.273. The van der Waals surface area contributed by atoms with Gasteiger partial charge in [0, 0.05) is 36.5 Å². The molecule has 4 rings (SSSR count). The molecule has 1 aromatic carbocycles. The Morgan fingerprint density at radius 1 is 1.07 bits per heavy atom. The highest BCUT2D eigenvalue weighted by molar-refractivity contribution is 5.98. The quantitative estimate of drug-likeness (QED) is 0.467. The summed E-state index contributed by atoms with van der Waals surface area (Å²) in [5.41, 5.74) is 6.56. The van der Waals surface area contributed by atoms with Gasteiger partial charge in [-0.15, -0.1) is 12.4 Å². The number of anilines is 2. The topological polar surface area (TPSA) is 86.0 Å². The molecule has 8 heteroatoms. The van der Waals surface area contributed by atoms with Crippen LogP contribution in [0.5, 0.6) is 0 Å². The van der Waals surface area contributed by atoms with Gasteiger partial charge in [0.05, 0.1) is 17.9 Å². The Morgan fingerprint density at radius 2 is 1.90 bits per heavy atom. The maximum Gasteiger partial charge on any atom is 0.261 e. The SMILES string of the molecule is COCCc1noc(-c2cnc3nc(C)ccc3c2Nc2cccc(C)c2C)n1.Cl. The van der Waals surface area contributed by atoms with Crippen LogP contribution in [0.2, 0.25) is 0 Å². The first-order chi connectivity index (χ1) is 14.1. The van der Waals surface area contributed by atoms with Crippen LogP contribution in [0.4, 0.5) is 11.4 Å². The number of ether oxygens (including phenoxy) is 1. The minimum absolute atomic E-state index is 0. The molecule has 3 aromatic heterocycles. The van der Waals surface area contributed by atoms with Gasteiger partial charge in [-0.1, -0.05) is 17.3 Å². The van der Waals surface area contributed by atoms with E-state index >= 15 is 0 Å². The van der Waals surface area contributed by atoms with E-state index < -0.39 is 0 Å². The number of hydrogen-bond donors (Lipinski definition) is 1. The number of aromatic nitrogens is 4. The van der Waals surface area contributed by atoms with Crippen LogP contribution in [-0.4, -0.2) is 33.8 Å². The zero-order chi connectivity index (χ0) is 20.4. The normalized spacial score (nSPS) is 10.8. The van der Waals surface area contributed by atoms with Crippen LogP contribution >= 0.6 is 12.4 Å². The van der Waals surface area contributed by atoms with Gasteiger partial charge in [-0.05, 0) is 50.1 Å². The maximum atomic E-state index is 5.54. The smallest absolute Gasteiger partial charge is 0.261 e. The summed E-state index contributed by atoms with van der Waals surface area (Å²) in [6.45, 7) is 6.68. The molecule has 156 valence electrons. The number of methoxy groups -OCH3 is 1. The first-order valence-corrected chi connectivity index (χ1v) is 9.48. The van der Waals surface area contributed by atoms with Crippen LogP contribution in [0, 0.1) is 20.8 Å². The first-order valence-electron chi connectivity index (χ1n) is 9.48. The van der Waals surface area contributed by atoms with Crippen molar-refractivity contribution in [2.75, 3.05) is 19.0 Å². The van der Waals surface area contributed by atoms with Crippen LogP contribution < -0.4 is 5.32 Å². The van der Waals surface area contributed by atoms with Crippen molar-refractivity contribution in [1.29, 1.82) is 0 Å². The van der Waals surface area contributed by atoms with Crippen molar-refractivity contribution in [3.63, 3.8) is 0 Å². The largest absolute Gasteiger partial charge is 0.384 e. The fourth-order valence-electron chi connectivity index (χ4n) is 3.15. The van der Waals surface area contributed by atoms with Crippen molar-refractivity contribution in [2.45, 2.75) is 27.2 Å². The summed E-state index contributed by atoms with van der Waals surface area (Å²) in [5, 5.41) is 8.52. The van der Waals surface area contributed by atoms with Crippen LogP contribution in [0.15, 0.2) is 41.1 Å². The second kappa shape index (κ2) is 9.19. The number of halogens is 1. The van der Waals surface area contributed by atoms with Crippen molar-refractivity contribution in [3.05, 3.63) is 59.2 Å². The third-order valence-electron chi connectivity index (χ3n) is 4.96. The Balaban J connectivity index is 0.00000256. The van der Waals surface area contributed by atoms with E-state index in [-0.39, 0.29) is 12.4 Å². The molecule has 0 amide bonds. The van der Waals surface area contributed by atoms with Gasteiger partial charge in [-0.2, -0.15) is 4.98 Å². The van der Waals surface area contributed by atoms with Crippen molar-refractivity contribution in [1.82, 2.24) is 20.1 Å². The number of aryl methyl sites for hydroxylation is 2. The number of fused-ring (bicyclic) bond motifs is 1. The molecule has 30 heavy (non-hydrogen) atoms. The molecule has 4 aromatic rings. The molecule has 0 fully saturated rings. The van der Waals surface area contributed by atoms with Gasteiger partial charge in [0.2, 0.25) is 0 Å². The number of nitrogens with one attached hydrogen (secondary N) is 1. The van der Waals surface area contributed by atoms with Gasteiger partial charge >= 0.3 is 0 Å². The average molecular weight is 426 g/mol. The molecule has 1 N–H and O–H groups in total. The fourth-order valence-corrected chi connectivity index (χ4v) is 3.15. The molecule has 0 radical (unpaired) electrons. The minimum atomic E-state index is 0. The highest BCUT2D eigenvalue weighted by atomic mass is 35.5. The second-order valence-corrected chi connectivity index (χ2v) is 7.00. The van der Waals surface area contributed by atoms with Crippen molar-refractivity contribution >= 4 is 34.8 Å². The van der Waals surface area contributed by atoms with Crippen LogP contribution in [0.25, 0.3) is 22.5 Å². The number of rotatable bonds is 6. The van der Waals surface area contributed by atoms with Crippen LogP contribution in [0.3, 0.4) is 0 Å². The maximum absolute atomic E-state index is 5.54. The molecule has 0 atom stereocenters. The van der Waals surface area contributed by atoms with E-state index in [4.69, 9.17) is 9.26 Å². The zero-order valence-corrected chi connectivity index (χ0v) is 18.2. The van der Waals surface area contributed by atoms with Crippen molar-refractivity contribution < 1.29 is 9.26 Å². The molecule has 0 saturated heterocycles. The molecule has 0 aliphatic heterocycles. The summed E-state index contributed by atoms with van der Waals surface area (Å²) in [6, 6.07) is 10.2. The van der Waals surface area contributed by atoms with Crippen molar-refractivity contribution in [2.24, 2.45) is 0 Å². The van der Waals surface area contributed by atoms with E-state index in [9.17, 15) is 0 Å². The predicted molar refractivity (Wildman–Crippen MR) is 120 cm³/mol. The lowest BCUT2D eigenvalue weighted by Gasteiger charge is -2.15. The van der Waals surface area contributed by atoms with Gasteiger partial charge in [-0.25, -0.2) is 9.97 Å². The van der Waals surface area contributed by atoms with Gasteiger partial charge in [-0.3, -0.25) is 0 Å². The van der Waals surface area contributed by atoms with Gasteiger partial charge in [0.25, 0.3) is 5.89 Å². The van der Waals surface area contributed by atoms with Crippen molar-refractivity contribution in [3.8, 4) is 11.5 Å². The predicted octanol–water partition coefficient (Wildman–Crippen LogP) is 4.96. The van der Waals surface area contributed by atoms with E-state index in [1.165, 1.54) is 11.1 Å². The average Bonchev–Trinajstić information content (AvgIpc) is 3.18. The summed E-state index contributed by atoms with van der Waals surface area (Å²) in [4.78, 5) is 13.6. The number of benzene rings is 1. The number of pyridine rings is 2. The molecule has 0 saturated carbocycles. The summed E-state index contributed by atoms with van der Waals surface area (Å²) >= 11 is 0. The monoisotopic (exact) mass is 425 g/mol. The molecule has 0 aliphatic rings. The Hall–Kier alpha value is -3.03. The summed E-state index contributed by atoms with van der Waals surface area (Å²) < 4.78 is 10.6. The van der Waals surface area contributed by atoms with Gasteiger partial charge < -0.3 is 14.6 Å². The third-order valence-corrected chi connectivity index (χ3v) is 4.96. The van der Waals surface area contributed by atoms with Crippen LogP contribution in [0.1, 0.15) is 22.6 Å². The third kappa shape index (κ3) is 4.27. The van der Waals surface area contributed by atoms with E-state index in [0.717, 1.165) is 28.0 Å². The van der Waals surface area contributed by atoms with Crippen LogP contribution in [-0.2, 0) is 11.2 Å². The molecule has 0 unspecified atom stereocenters. The second-order valence-electron chi connectivity index (χ2n) is 7.00. The molecular weight excluding hydrogens is 402 g/mol. The zero-order valence-electron chi connectivity index (χ0n) is 17.4. The summed E-state index contributed by atoms with van der Waals surface area (Å²) in [6.07, 6.45) is 2.32. The van der Waals surface area contributed by atoms with E-state index in [2.05, 4.69) is 51.4 Å². The Morgan fingerprint density at radius 3 is 2.70 bits per heavy atom. The molecular formula is C22H24ClN5O2. The molecule has 0 bridgehead atoms. The van der Waals surface area contributed by atoms with Gasteiger partial charge in [0.15, 0.2) is 11.5 Å². The first kappa shape index (κ1) is 21.7. The number of nitrogens with zero attached hydrogens (tertiary/aromatic N) is 4. The number of hydrogen-bond acceptors (Lipinski definition) is 7. The molecule has 7 nitrogen and oxygen atoms in total. The lowest BCUT2D eigenvalue weighted by Crippen LogP contribution is -2.01. The highest BCUT2D eigenvalue weighted by Gasteiger charge is 2.18. The van der Waals surface area contributed by atoms with E-state index in [1.54, 1.807) is 13.3 Å². The lowest BCUT2D eigenvalue weighted by atomic mass is 10.1. The lowest BCUT2D eigenvalue weighted by molar-refractivity contribution is 0.199. The van der Waals surface area contributed by atoms with E-state index in [0.29, 0.717) is 30.4 Å². The Bertz CT molecular complexity index is 1180. The standard InChI is InChI=1S/C22H23N5O2.ClH/c1-13-6-5-7-18(15(13)3)25-20-16-9-8-14(2)24-21(16)23-12-17(20)22-26-19(27-29-22)10-11-28-4;/h5-9,12H,10-11H2,1-4H3,(H,23,24,25);1H. The Labute approximate surface area is 181 Å². The van der Waals surface area contributed by atoms with Gasteiger partial charge in [0.1, 0.15) is 0 Å².